The van der Waals surface area contributed by atoms with E-state index >= 15 is 0 Å². The summed E-state index contributed by atoms with van der Waals surface area (Å²) in [7, 11) is 0. The van der Waals surface area contributed by atoms with Gasteiger partial charge in [0.2, 0.25) is 0 Å². The maximum atomic E-state index is 5.55. The summed E-state index contributed by atoms with van der Waals surface area (Å²) in [5.41, 5.74) is 10.3. The Morgan fingerprint density at radius 3 is 2.22 bits per heavy atom. The summed E-state index contributed by atoms with van der Waals surface area (Å²) in [6.07, 6.45) is 1.68. The van der Waals surface area contributed by atoms with Gasteiger partial charge in [-0.05, 0) is 6.92 Å². The SMILES string of the molecule is C=CC(N)(N)[C@@H]1O[C@@H]1C. The van der Waals surface area contributed by atoms with Crippen LogP contribution in [0.4, 0.5) is 0 Å². The maximum absolute atomic E-state index is 5.55. The zero-order valence-electron chi connectivity index (χ0n) is 5.50. The standard InChI is InChI=1S/C6H12N2O/c1-3-6(7,8)5-4(2)9-5/h3-5H,1,7-8H2,2H3/t4-,5-/m1/s1. The number of ether oxygens (including phenoxy) is 1. The van der Waals surface area contributed by atoms with Crippen molar-refractivity contribution in [1.29, 1.82) is 0 Å². The first-order valence-electron chi connectivity index (χ1n) is 2.95. The van der Waals surface area contributed by atoms with Crippen LogP contribution in [0.2, 0.25) is 0 Å². The number of epoxide rings is 1. The van der Waals surface area contributed by atoms with Crippen LogP contribution in [0.5, 0.6) is 0 Å². The zero-order chi connectivity index (χ0) is 7.07. The third kappa shape index (κ3) is 1.13. The van der Waals surface area contributed by atoms with Crippen molar-refractivity contribution in [3.63, 3.8) is 0 Å². The molecule has 9 heavy (non-hydrogen) atoms. The van der Waals surface area contributed by atoms with Gasteiger partial charge in [-0.1, -0.05) is 12.7 Å². The van der Waals surface area contributed by atoms with Crippen LogP contribution in [0.25, 0.3) is 0 Å². The quantitative estimate of drug-likeness (QED) is 0.301. The van der Waals surface area contributed by atoms with Gasteiger partial charge < -0.3 is 16.2 Å². The molecule has 1 aliphatic rings. The lowest BCUT2D eigenvalue weighted by molar-refractivity contribution is 0.322. The van der Waals surface area contributed by atoms with Gasteiger partial charge in [0.15, 0.2) is 0 Å². The van der Waals surface area contributed by atoms with Gasteiger partial charge in [0, 0.05) is 0 Å². The molecule has 0 amide bonds. The summed E-state index contributed by atoms with van der Waals surface area (Å²) in [6, 6.07) is 0. The highest BCUT2D eigenvalue weighted by Gasteiger charge is 2.46. The van der Waals surface area contributed by atoms with E-state index in [0.717, 1.165) is 0 Å². The third-order valence-electron chi connectivity index (χ3n) is 1.56. The molecule has 0 aliphatic carbocycles. The van der Waals surface area contributed by atoms with Gasteiger partial charge in [0.25, 0.3) is 0 Å². The fourth-order valence-corrected chi connectivity index (χ4v) is 0.826. The smallest absolute Gasteiger partial charge is 0.118 e. The molecule has 1 saturated heterocycles. The Morgan fingerprint density at radius 2 is 2.11 bits per heavy atom. The lowest BCUT2D eigenvalue weighted by Crippen LogP contribution is -2.52. The second-order valence-corrected chi connectivity index (χ2v) is 2.47. The van der Waals surface area contributed by atoms with Crippen LogP contribution in [0.1, 0.15) is 6.92 Å². The van der Waals surface area contributed by atoms with Crippen molar-refractivity contribution in [2.45, 2.75) is 24.8 Å². The summed E-state index contributed by atoms with van der Waals surface area (Å²) in [5.74, 6) is 0. The average molecular weight is 128 g/mol. The Bertz CT molecular complexity index is 133. The van der Waals surface area contributed by atoms with Crippen molar-refractivity contribution in [2.24, 2.45) is 11.5 Å². The van der Waals surface area contributed by atoms with E-state index in [0.29, 0.717) is 0 Å². The van der Waals surface area contributed by atoms with Crippen LogP contribution in [0.3, 0.4) is 0 Å². The molecule has 0 saturated carbocycles. The molecule has 0 aromatic heterocycles. The highest BCUT2D eigenvalue weighted by atomic mass is 16.6. The van der Waals surface area contributed by atoms with Gasteiger partial charge in [-0.15, -0.1) is 0 Å². The lowest BCUT2D eigenvalue weighted by atomic mass is 10.1. The molecule has 0 radical (unpaired) electrons. The largest absolute Gasteiger partial charge is 0.366 e. The Labute approximate surface area is 54.7 Å². The van der Waals surface area contributed by atoms with Gasteiger partial charge >= 0.3 is 0 Å². The molecule has 1 rings (SSSR count). The predicted molar refractivity (Wildman–Crippen MR) is 35.6 cm³/mol. The lowest BCUT2D eigenvalue weighted by Gasteiger charge is -2.15. The molecule has 1 fully saturated rings. The average Bonchev–Trinajstić information content (AvgIpc) is 2.47. The summed E-state index contributed by atoms with van der Waals surface area (Å²) in [6.45, 7) is 5.43. The first kappa shape index (κ1) is 6.74. The van der Waals surface area contributed by atoms with Gasteiger partial charge in [0.1, 0.15) is 11.8 Å². The van der Waals surface area contributed by atoms with E-state index in [9.17, 15) is 0 Å². The van der Waals surface area contributed by atoms with Gasteiger partial charge in [-0.2, -0.15) is 0 Å². The fraction of sp³-hybridized carbons (Fsp3) is 0.667. The molecule has 0 spiro atoms. The van der Waals surface area contributed by atoms with Gasteiger partial charge in [-0.25, -0.2) is 0 Å². The Morgan fingerprint density at radius 1 is 1.67 bits per heavy atom. The third-order valence-corrected chi connectivity index (χ3v) is 1.56. The minimum Gasteiger partial charge on any atom is -0.366 e. The molecule has 0 aromatic rings. The van der Waals surface area contributed by atoms with E-state index in [-0.39, 0.29) is 12.2 Å². The monoisotopic (exact) mass is 128 g/mol. The molecular formula is C6H12N2O. The molecule has 1 heterocycles. The number of hydrogen-bond donors (Lipinski definition) is 2. The van der Waals surface area contributed by atoms with E-state index in [2.05, 4.69) is 6.58 Å². The molecule has 3 heteroatoms. The zero-order valence-corrected chi connectivity index (χ0v) is 5.50. The highest BCUT2D eigenvalue weighted by molar-refractivity contribution is 5.09. The van der Waals surface area contributed by atoms with Crippen LogP contribution in [-0.2, 0) is 4.74 Å². The summed E-state index contributed by atoms with van der Waals surface area (Å²) < 4.78 is 5.05. The van der Waals surface area contributed by atoms with E-state index in [1.165, 1.54) is 6.08 Å². The van der Waals surface area contributed by atoms with Crippen LogP contribution in [0, 0.1) is 0 Å². The molecule has 0 unspecified atom stereocenters. The molecule has 0 bridgehead atoms. The normalized spacial score (nSPS) is 34.1. The molecule has 2 atom stereocenters. The van der Waals surface area contributed by atoms with Crippen LogP contribution >= 0.6 is 0 Å². The first-order chi connectivity index (χ1) is 4.08. The highest BCUT2D eigenvalue weighted by Crippen LogP contribution is 2.27. The minimum atomic E-state index is -0.834. The van der Waals surface area contributed by atoms with Crippen molar-refractivity contribution < 1.29 is 4.74 Å². The molecule has 3 nitrogen and oxygen atoms in total. The minimum absolute atomic E-state index is 0.0324. The first-order valence-corrected chi connectivity index (χ1v) is 2.95. The maximum Gasteiger partial charge on any atom is 0.118 e. The topological polar surface area (TPSA) is 64.6 Å². The van der Waals surface area contributed by atoms with Gasteiger partial charge in [-0.3, -0.25) is 0 Å². The van der Waals surface area contributed by atoms with Crippen LogP contribution in [0.15, 0.2) is 12.7 Å². The van der Waals surface area contributed by atoms with Crippen molar-refractivity contribution in [3.8, 4) is 0 Å². The Balaban J connectivity index is 2.51. The van der Waals surface area contributed by atoms with Crippen LogP contribution < -0.4 is 11.5 Å². The number of nitrogens with two attached hydrogens (primary N) is 2. The van der Waals surface area contributed by atoms with Gasteiger partial charge in [0.05, 0.1) is 6.10 Å². The Hall–Kier alpha value is -0.380. The van der Waals surface area contributed by atoms with E-state index < -0.39 is 5.66 Å². The number of hydrogen-bond acceptors (Lipinski definition) is 3. The van der Waals surface area contributed by atoms with E-state index in [1.54, 1.807) is 0 Å². The second kappa shape index (κ2) is 1.80. The van der Waals surface area contributed by atoms with Crippen molar-refractivity contribution in [2.75, 3.05) is 0 Å². The summed E-state index contributed by atoms with van der Waals surface area (Å²) >= 11 is 0. The van der Waals surface area contributed by atoms with Crippen molar-refractivity contribution in [3.05, 3.63) is 12.7 Å². The molecule has 52 valence electrons. The van der Waals surface area contributed by atoms with E-state index in [4.69, 9.17) is 16.2 Å². The second-order valence-electron chi connectivity index (χ2n) is 2.47. The van der Waals surface area contributed by atoms with Crippen molar-refractivity contribution >= 4 is 0 Å². The molecule has 1 aliphatic heterocycles. The Kier molecular flexibility index (Phi) is 1.35. The van der Waals surface area contributed by atoms with Crippen LogP contribution in [-0.4, -0.2) is 17.9 Å². The van der Waals surface area contributed by atoms with E-state index in [1.807, 2.05) is 6.92 Å². The predicted octanol–water partition coefficient (Wildman–Crippen LogP) is -0.427. The molecule has 4 N–H and O–H groups in total. The molecule has 0 aromatic carbocycles. The summed E-state index contributed by atoms with van der Waals surface area (Å²) in [4.78, 5) is 0. The number of rotatable bonds is 2. The summed E-state index contributed by atoms with van der Waals surface area (Å²) in [5, 5.41) is 0. The fourth-order valence-electron chi connectivity index (χ4n) is 0.826. The molecular weight excluding hydrogens is 116 g/mol. The van der Waals surface area contributed by atoms with Crippen molar-refractivity contribution in [1.82, 2.24) is 0 Å².